The first kappa shape index (κ1) is 17.6. The predicted molar refractivity (Wildman–Crippen MR) is 94.1 cm³/mol. The van der Waals surface area contributed by atoms with E-state index in [0.717, 1.165) is 37.9 Å². The van der Waals surface area contributed by atoms with Crippen LogP contribution >= 0.6 is 0 Å². The Kier molecular flexibility index (Phi) is 6.69. The van der Waals surface area contributed by atoms with E-state index in [1.54, 1.807) is 0 Å². The summed E-state index contributed by atoms with van der Waals surface area (Å²) in [7, 11) is 0. The van der Waals surface area contributed by atoms with Gasteiger partial charge in [0.25, 0.3) is 0 Å². The van der Waals surface area contributed by atoms with Gasteiger partial charge in [-0.15, -0.1) is 6.58 Å². The maximum Gasteiger partial charge on any atom is 0.410 e. The molecule has 1 amide bonds. The van der Waals surface area contributed by atoms with Crippen LogP contribution in [-0.4, -0.2) is 24.1 Å². The molecule has 0 aliphatic carbocycles. The number of rotatable bonds is 6. The highest BCUT2D eigenvalue weighted by atomic mass is 16.6. The van der Waals surface area contributed by atoms with Crippen molar-refractivity contribution in [2.45, 2.75) is 46.1 Å². The molecule has 1 aliphatic rings. The summed E-state index contributed by atoms with van der Waals surface area (Å²) in [4.78, 5) is 14.3. The van der Waals surface area contributed by atoms with Gasteiger partial charge in [0.1, 0.15) is 6.61 Å². The molecule has 1 saturated heterocycles. The van der Waals surface area contributed by atoms with Crippen molar-refractivity contribution in [2.75, 3.05) is 13.1 Å². The van der Waals surface area contributed by atoms with Crippen LogP contribution in [0, 0.1) is 11.8 Å². The van der Waals surface area contributed by atoms with Crippen molar-refractivity contribution in [3.05, 3.63) is 48.0 Å². The molecule has 23 heavy (non-hydrogen) atoms. The van der Waals surface area contributed by atoms with Crippen molar-refractivity contribution < 1.29 is 9.53 Å². The minimum atomic E-state index is -0.174. The van der Waals surface area contributed by atoms with Crippen molar-refractivity contribution in [1.29, 1.82) is 0 Å². The van der Waals surface area contributed by atoms with Gasteiger partial charge in [-0.3, -0.25) is 0 Å². The van der Waals surface area contributed by atoms with E-state index in [9.17, 15) is 4.79 Å². The molecule has 2 atom stereocenters. The zero-order valence-corrected chi connectivity index (χ0v) is 14.5. The molecule has 0 saturated carbocycles. The third kappa shape index (κ3) is 5.74. The third-order valence-electron chi connectivity index (χ3n) is 4.64. The van der Waals surface area contributed by atoms with Crippen molar-refractivity contribution in [1.82, 2.24) is 4.90 Å². The Morgan fingerprint density at radius 3 is 2.61 bits per heavy atom. The number of carbonyl (C=O) groups excluding carboxylic acids is 1. The second-order valence-corrected chi connectivity index (χ2v) is 6.82. The van der Waals surface area contributed by atoms with Crippen LogP contribution in [0.1, 0.15) is 45.1 Å². The molecule has 1 aromatic carbocycles. The summed E-state index contributed by atoms with van der Waals surface area (Å²) in [6, 6.07) is 9.85. The van der Waals surface area contributed by atoms with Crippen LogP contribution in [0.3, 0.4) is 0 Å². The first-order chi connectivity index (χ1) is 11.1. The van der Waals surface area contributed by atoms with Crippen LogP contribution < -0.4 is 0 Å². The molecule has 0 bridgehead atoms. The van der Waals surface area contributed by atoms with Crippen molar-refractivity contribution in [3.8, 4) is 0 Å². The van der Waals surface area contributed by atoms with Gasteiger partial charge >= 0.3 is 6.09 Å². The van der Waals surface area contributed by atoms with Gasteiger partial charge in [0.05, 0.1) is 0 Å². The lowest BCUT2D eigenvalue weighted by atomic mass is 9.84. The van der Waals surface area contributed by atoms with Gasteiger partial charge < -0.3 is 9.64 Å². The van der Waals surface area contributed by atoms with E-state index in [2.05, 4.69) is 20.4 Å². The summed E-state index contributed by atoms with van der Waals surface area (Å²) in [5.74, 6) is 1.15. The van der Waals surface area contributed by atoms with E-state index in [1.807, 2.05) is 35.2 Å². The fourth-order valence-corrected chi connectivity index (χ4v) is 3.23. The number of amides is 1. The van der Waals surface area contributed by atoms with Crippen molar-refractivity contribution >= 4 is 6.09 Å². The Balaban J connectivity index is 1.88. The van der Waals surface area contributed by atoms with E-state index in [0.29, 0.717) is 18.4 Å². The molecule has 0 spiro atoms. The Morgan fingerprint density at radius 1 is 1.26 bits per heavy atom. The molecule has 0 aromatic heterocycles. The zero-order chi connectivity index (χ0) is 16.7. The summed E-state index contributed by atoms with van der Waals surface area (Å²) in [5, 5.41) is 0. The van der Waals surface area contributed by atoms with Crippen LogP contribution in [0.5, 0.6) is 0 Å². The van der Waals surface area contributed by atoms with E-state index in [1.165, 1.54) is 12.0 Å². The number of nitrogens with zero attached hydrogens (tertiary/aromatic N) is 1. The topological polar surface area (TPSA) is 29.5 Å². The number of ether oxygens (including phenoxy) is 1. The van der Waals surface area contributed by atoms with Crippen LogP contribution in [0.4, 0.5) is 4.79 Å². The normalized spacial score (nSPS) is 21.0. The molecule has 1 heterocycles. The predicted octanol–water partition coefficient (Wildman–Crippen LogP) is 5.03. The SMILES string of the molecule is C=C(C)CCC1CC(CC)CN(C(=O)OCc2ccccc2)C1. The second kappa shape index (κ2) is 8.76. The molecule has 3 nitrogen and oxygen atoms in total. The quantitative estimate of drug-likeness (QED) is 0.689. The molecule has 0 N–H and O–H groups in total. The first-order valence-electron chi connectivity index (χ1n) is 8.68. The summed E-state index contributed by atoms with van der Waals surface area (Å²) in [6.45, 7) is 10.3. The van der Waals surface area contributed by atoms with Gasteiger partial charge in [-0.25, -0.2) is 4.79 Å². The minimum absolute atomic E-state index is 0.174. The molecule has 2 unspecified atom stereocenters. The van der Waals surface area contributed by atoms with Gasteiger partial charge in [-0.2, -0.15) is 0 Å². The summed E-state index contributed by atoms with van der Waals surface area (Å²) >= 11 is 0. The summed E-state index contributed by atoms with van der Waals surface area (Å²) in [6.07, 6.45) is 4.33. The molecule has 1 fully saturated rings. The number of hydrogen-bond acceptors (Lipinski definition) is 2. The highest BCUT2D eigenvalue weighted by molar-refractivity contribution is 5.67. The Labute approximate surface area is 140 Å². The molecule has 3 heteroatoms. The molecule has 1 aliphatic heterocycles. The number of allylic oxidation sites excluding steroid dienone is 1. The molecule has 2 rings (SSSR count). The lowest BCUT2D eigenvalue weighted by Crippen LogP contribution is -2.44. The average molecular weight is 315 g/mol. The molecular formula is C20H29NO2. The number of carbonyl (C=O) groups is 1. The maximum atomic E-state index is 12.4. The Morgan fingerprint density at radius 2 is 1.96 bits per heavy atom. The number of benzene rings is 1. The highest BCUT2D eigenvalue weighted by Gasteiger charge is 2.29. The zero-order valence-electron chi connectivity index (χ0n) is 14.5. The third-order valence-corrected chi connectivity index (χ3v) is 4.64. The minimum Gasteiger partial charge on any atom is -0.445 e. The van der Waals surface area contributed by atoms with Gasteiger partial charge in [0.15, 0.2) is 0 Å². The lowest BCUT2D eigenvalue weighted by molar-refractivity contribution is 0.0624. The summed E-state index contributed by atoms with van der Waals surface area (Å²) < 4.78 is 5.50. The van der Waals surface area contributed by atoms with Crippen LogP contribution in [0.25, 0.3) is 0 Å². The van der Waals surface area contributed by atoms with E-state index in [4.69, 9.17) is 4.74 Å². The highest BCUT2D eigenvalue weighted by Crippen LogP contribution is 2.28. The van der Waals surface area contributed by atoms with Crippen molar-refractivity contribution in [2.24, 2.45) is 11.8 Å². The van der Waals surface area contributed by atoms with E-state index in [-0.39, 0.29) is 6.09 Å². The van der Waals surface area contributed by atoms with Crippen molar-refractivity contribution in [3.63, 3.8) is 0 Å². The Bertz CT molecular complexity index is 512. The smallest absolute Gasteiger partial charge is 0.410 e. The largest absolute Gasteiger partial charge is 0.445 e. The van der Waals surface area contributed by atoms with Crippen LogP contribution in [0.15, 0.2) is 42.5 Å². The van der Waals surface area contributed by atoms with E-state index < -0.39 is 0 Å². The molecule has 1 aromatic rings. The molecule has 0 radical (unpaired) electrons. The van der Waals surface area contributed by atoms with Gasteiger partial charge in [0.2, 0.25) is 0 Å². The molecule has 126 valence electrons. The van der Waals surface area contributed by atoms with E-state index >= 15 is 0 Å². The fraction of sp³-hybridized carbons (Fsp3) is 0.550. The fourth-order valence-electron chi connectivity index (χ4n) is 3.23. The number of piperidine rings is 1. The summed E-state index contributed by atoms with van der Waals surface area (Å²) in [5.41, 5.74) is 2.26. The first-order valence-corrected chi connectivity index (χ1v) is 8.68. The lowest BCUT2D eigenvalue weighted by Gasteiger charge is -2.37. The van der Waals surface area contributed by atoms with Crippen LogP contribution in [0.2, 0.25) is 0 Å². The van der Waals surface area contributed by atoms with Gasteiger partial charge in [0, 0.05) is 13.1 Å². The molecular weight excluding hydrogens is 286 g/mol. The Hall–Kier alpha value is -1.77. The van der Waals surface area contributed by atoms with Gasteiger partial charge in [-0.1, -0.05) is 49.2 Å². The van der Waals surface area contributed by atoms with Gasteiger partial charge in [-0.05, 0) is 43.6 Å². The monoisotopic (exact) mass is 315 g/mol. The number of likely N-dealkylation sites (tertiary alicyclic amines) is 1. The number of hydrogen-bond donors (Lipinski definition) is 0. The standard InChI is InChI=1S/C20H29NO2/c1-4-17-12-19(11-10-16(2)3)14-21(13-17)20(22)23-15-18-8-6-5-7-9-18/h5-9,17,19H,2,4,10-15H2,1,3H3. The average Bonchev–Trinajstić information content (AvgIpc) is 2.58. The second-order valence-electron chi connectivity index (χ2n) is 6.82. The maximum absolute atomic E-state index is 12.4. The van der Waals surface area contributed by atoms with Crippen LogP contribution in [-0.2, 0) is 11.3 Å².